The van der Waals surface area contributed by atoms with Crippen LogP contribution in [0.25, 0.3) is 11.5 Å². The maximum Gasteiger partial charge on any atom is 0.322 e. The van der Waals surface area contributed by atoms with Gasteiger partial charge in [-0.15, -0.1) is 16.4 Å². The number of nitrogens with one attached hydrogen (secondary N) is 1. The first-order valence-electron chi connectivity index (χ1n) is 10.1. The molecule has 1 atom stereocenters. The highest BCUT2D eigenvalue weighted by Crippen LogP contribution is 2.34. The molecule has 1 N–H and O–H groups in total. The van der Waals surface area contributed by atoms with Crippen LogP contribution >= 0.6 is 11.3 Å². The predicted octanol–water partition coefficient (Wildman–Crippen LogP) is 2.61. The van der Waals surface area contributed by atoms with Crippen molar-refractivity contribution in [3.05, 3.63) is 35.7 Å². The van der Waals surface area contributed by atoms with E-state index < -0.39 is 15.9 Å². The molecule has 0 bridgehead atoms. The van der Waals surface area contributed by atoms with Gasteiger partial charge in [0.05, 0.1) is 5.92 Å². The molecule has 2 aliphatic heterocycles. The number of amides is 1. The zero-order chi connectivity index (χ0) is 22.1. The zero-order valence-electron chi connectivity index (χ0n) is 16.9. The van der Waals surface area contributed by atoms with Crippen molar-refractivity contribution in [2.24, 2.45) is 5.92 Å². The van der Waals surface area contributed by atoms with Crippen molar-refractivity contribution in [1.29, 1.82) is 0 Å². The highest BCUT2D eigenvalue weighted by molar-refractivity contribution is 7.91. The molecule has 0 spiro atoms. The minimum Gasteiger partial charge on any atom is -0.486 e. The van der Waals surface area contributed by atoms with Gasteiger partial charge in [-0.3, -0.25) is 10.1 Å². The van der Waals surface area contributed by atoms with E-state index in [9.17, 15) is 13.2 Å². The van der Waals surface area contributed by atoms with Gasteiger partial charge in [0.25, 0.3) is 10.0 Å². The van der Waals surface area contributed by atoms with Crippen molar-refractivity contribution in [2.75, 3.05) is 31.6 Å². The lowest BCUT2D eigenvalue weighted by molar-refractivity contribution is -0.121. The molecule has 1 fully saturated rings. The van der Waals surface area contributed by atoms with Gasteiger partial charge in [0.1, 0.15) is 17.4 Å². The predicted molar refractivity (Wildman–Crippen MR) is 115 cm³/mol. The standard InChI is InChI=1S/C20H20N4O6S2/c25-18(14-3-1-7-24(12-14)32(26,27)17-4-2-10-31-17)21-20-23-22-19(30-20)13-5-6-15-16(11-13)29-9-8-28-15/h2,4-6,10-11,14H,1,3,7-9,12H2,(H,21,23,25). The van der Waals surface area contributed by atoms with E-state index in [1.54, 1.807) is 35.7 Å². The second kappa shape index (κ2) is 8.52. The monoisotopic (exact) mass is 476 g/mol. The van der Waals surface area contributed by atoms with Crippen LogP contribution in [-0.4, -0.2) is 55.1 Å². The van der Waals surface area contributed by atoms with Crippen molar-refractivity contribution < 1.29 is 27.1 Å². The molecule has 1 amide bonds. The quantitative estimate of drug-likeness (QED) is 0.596. The molecule has 2 aromatic heterocycles. The summed E-state index contributed by atoms with van der Waals surface area (Å²) in [5.74, 6) is 0.596. The molecule has 32 heavy (non-hydrogen) atoms. The molecule has 10 nitrogen and oxygen atoms in total. The Kier molecular flexibility index (Phi) is 5.57. The van der Waals surface area contributed by atoms with Crippen molar-refractivity contribution in [2.45, 2.75) is 17.1 Å². The largest absolute Gasteiger partial charge is 0.486 e. The Hall–Kier alpha value is -2.96. The molecule has 0 radical (unpaired) electrons. The van der Waals surface area contributed by atoms with Crippen molar-refractivity contribution in [1.82, 2.24) is 14.5 Å². The number of nitrogens with zero attached hydrogens (tertiary/aromatic N) is 3. The first-order valence-corrected chi connectivity index (χ1v) is 12.4. The van der Waals surface area contributed by atoms with Crippen LogP contribution in [0.3, 0.4) is 0 Å². The second-order valence-electron chi connectivity index (χ2n) is 7.39. The molecule has 2 aliphatic rings. The van der Waals surface area contributed by atoms with Crippen LogP contribution in [0.1, 0.15) is 12.8 Å². The average Bonchev–Trinajstić information content (AvgIpc) is 3.52. The van der Waals surface area contributed by atoms with Gasteiger partial charge in [0, 0.05) is 18.7 Å². The van der Waals surface area contributed by atoms with E-state index in [-0.39, 0.29) is 28.6 Å². The summed E-state index contributed by atoms with van der Waals surface area (Å²) >= 11 is 1.16. The Bertz CT molecular complexity index is 1220. The second-order valence-corrected chi connectivity index (χ2v) is 10.5. The van der Waals surface area contributed by atoms with Gasteiger partial charge < -0.3 is 13.9 Å². The molecular weight excluding hydrogens is 456 g/mol. The van der Waals surface area contributed by atoms with Crippen molar-refractivity contribution in [3.63, 3.8) is 0 Å². The molecule has 0 saturated carbocycles. The number of rotatable bonds is 5. The topological polar surface area (TPSA) is 124 Å². The first-order chi connectivity index (χ1) is 15.5. The van der Waals surface area contributed by atoms with Crippen LogP contribution < -0.4 is 14.8 Å². The summed E-state index contributed by atoms with van der Waals surface area (Å²) in [5, 5.41) is 12.2. The number of thiophene rings is 1. The Morgan fingerprint density at radius 1 is 1.16 bits per heavy atom. The summed E-state index contributed by atoms with van der Waals surface area (Å²) < 4.78 is 43.9. The Balaban J connectivity index is 1.26. The normalized spacial score (nSPS) is 18.9. The van der Waals surface area contributed by atoms with Crippen molar-refractivity contribution >= 4 is 33.3 Å². The number of carbonyl (C=O) groups is 1. The van der Waals surface area contributed by atoms with Gasteiger partial charge >= 0.3 is 6.01 Å². The lowest BCUT2D eigenvalue weighted by Gasteiger charge is -2.30. The maximum atomic E-state index is 12.8. The smallest absolute Gasteiger partial charge is 0.322 e. The molecule has 1 aromatic carbocycles. The number of ether oxygens (including phenoxy) is 2. The van der Waals surface area contributed by atoms with Crippen LogP contribution in [-0.2, 0) is 14.8 Å². The number of hydrogen-bond acceptors (Lipinski definition) is 9. The lowest BCUT2D eigenvalue weighted by Crippen LogP contribution is -2.43. The van der Waals surface area contributed by atoms with Crippen LogP contribution in [0.2, 0.25) is 0 Å². The third-order valence-electron chi connectivity index (χ3n) is 5.29. The fraction of sp³-hybridized carbons (Fsp3) is 0.350. The van der Waals surface area contributed by atoms with Crippen LogP contribution in [0, 0.1) is 5.92 Å². The Labute approximate surface area is 188 Å². The number of anilines is 1. The maximum absolute atomic E-state index is 12.8. The zero-order valence-corrected chi connectivity index (χ0v) is 18.5. The number of benzene rings is 1. The third-order valence-corrected chi connectivity index (χ3v) is 8.53. The van der Waals surface area contributed by atoms with E-state index in [0.717, 1.165) is 11.3 Å². The van der Waals surface area contributed by atoms with Gasteiger partial charge in [0.15, 0.2) is 11.5 Å². The minimum absolute atomic E-state index is 0.0434. The van der Waals surface area contributed by atoms with E-state index in [2.05, 4.69) is 15.5 Å². The molecule has 4 heterocycles. The summed E-state index contributed by atoms with van der Waals surface area (Å²) in [4.78, 5) is 12.8. The number of fused-ring (bicyclic) bond motifs is 1. The summed E-state index contributed by atoms with van der Waals surface area (Å²) in [5.41, 5.74) is 0.633. The fourth-order valence-corrected chi connectivity index (χ4v) is 6.35. The van der Waals surface area contributed by atoms with Crippen LogP contribution in [0.5, 0.6) is 11.5 Å². The van der Waals surface area contributed by atoms with E-state index in [1.165, 1.54) is 4.31 Å². The third kappa shape index (κ3) is 4.08. The number of aromatic nitrogens is 2. The molecule has 168 valence electrons. The number of carbonyl (C=O) groups excluding carboxylic acids is 1. The highest BCUT2D eigenvalue weighted by Gasteiger charge is 2.34. The minimum atomic E-state index is -3.60. The number of hydrogen-bond donors (Lipinski definition) is 1. The Morgan fingerprint density at radius 2 is 2.00 bits per heavy atom. The molecule has 1 unspecified atom stereocenters. The SMILES string of the molecule is O=C(Nc1nnc(-c2ccc3c(c2)OCCO3)o1)C1CCCN(S(=O)(=O)c2cccs2)C1. The molecule has 1 saturated heterocycles. The first kappa shape index (κ1) is 20.9. The fourth-order valence-electron chi connectivity index (χ4n) is 3.69. The molecule has 0 aliphatic carbocycles. The number of piperidine rings is 1. The van der Waals surface area contributed by atoms with Gasteiger partial charge in [-0.2, -0.15) is 4.31 Å². The van der Waals surface area contributed by atoms with Crippen LogP contribution in [0.4, 0.5) is 6.01 Å². The van der Waals surface area contributed by atoms with E-state index in [0.29, 0.717) is 49.7 Å². The van der Waals surface area contributed by atoms with Crippen molar-refractivity contribution in [3.8, 4) is 23.0 Å². The van der Waals surface area contributed by atoms with Gasteiger partial charge in [0.2, 0.25) is 11.8 Å². The van der Waals surface area contributed by atoms with E-state index in [4.69, 9.17) is 13.9 Å². The summed E-state index contributed by atoms with van der Waals surface area (Å²) in [6, 6.07) is 8.49. The van der Waals surface area contributed by atoms with E-state index in [1.807, 2.05) is 0 Å². The summed E-state index contributed by atoms with van der Waals surface area (Å²) in [7, 11) is -3.60. The van der Waals surface area contributed by atoms with Gasteiger partial charge in [-0.1, -0.05) is 11.2 Å². The highest BCUT2D eigenvalue weighted by atomic mass is 32.2. The molecule has 12 heteroatoms. The number of sulfonamides is 1. The van der Waals surface area contributed by atoms with Gasteiger partial charge in [-0.05, 0) is 42.5 Å². The summed E-state index contributed by atoms with van der Waals surface area (Å²) in [6.07, 6.45) is 1.17. The average molecular weight is 477 g/mol. The summed E-state index contributed by atoms with van der Waals surface area (Å²) in [6.45, 7) is 1.45. The molecular formula is C20H20N4O6S2. The lowest BCUT2D eigenvalue weighted by atomic mass is 9.99. The molecule has 5 rings (SSSR count). The van der Waals surface area contributed by atoms with Gasteiger partial charge in [-0.25, -0.2) is 8.42 Å². The van der Waals surface area contributed by atoms with E-state index >= 15 is 0 Å². The van der Waals surface area contributed by atoms with Crippen LogP contribution in [0.15, 0.2) is 44.3 Å². The Morgan fingerprint density at radius 3 is 2.81 bits per heavy atom. The molecule has 3 aromatic rings.